The largest absolute Gasteiger partial charge is 1.00 e. The molecule has 3 heteroatoms. The number of unbranched alkanes of at least 4 members (excludes halogenated alkanes) is 10. The molecule has 0 spiro atoms. The number of rotatable bonds is 18. The van der Waals surface area contributed by atoms with E-state index in [4.69, 9.17) is 0 Å². The van der Waals surface area contributed by atoms with Gasteiger partial charge in [-0.3, -0.25) is 0 Å². The topological polar surface area (TPSA) is 40.1 Å². The van der Waals surface area contributed by atoms with Crippen LogP contribution < -0.4 is 56.5 Å². The Morgan fingerprint density at radius 1 is 0.889 bits per heavy atom. The number of aliphatic carboxylic acids is 1. The fourth-order valence-electron chi connectivity index (χ4n) is 4.24. The van der Waals surface area contributed by atoms with Gasteiger partial charge < -0.3 is 9.90 Å². The molecule has 0 aliphatic heterocycles. The molecule has 0 aromatic heterocycles. The predicted molar refractivity (Wildman–Crippen MR) is 110 cm³/mol. The molecule has 0 amide bonds. The molecular formula is C24H43KO2. The van der Waals surface area contributed by atoms with Crippen LogP contribution in [0, 0.1) is 17.8 Å². The standard InChI is InChI=1S/C24H44O2.K/c1-3-5-6-7-8-9-10-11-12-13-14-15-16-17-18-23(24(25)26)22(4-2)21-19-20-21;/h11-12,21-23H,3-10,13-20H2,1-2H3,(H,25,26);/q;+1/p-1/b12-11-;. The van der Waals surface area contributed by atoms with Crippen molar-refractivity contribution in [1.29, 1.82) is 0 Å². The SMILES string of the molecule is CCCCCCCC/C=C\CCCCCCC(C(=O)[O-])C(CC)C1CC1.[K+]. The minimum atomic E-state index is -0.804. The first-order chi connectivity index (χ1) is 12.7. The van der Waals surface area contributed by atoms with E-state index in [0.717, 1.165) is 25.7 Å². The molecule has 1 fully saturated rings. The Kier molecular flexibility index (Phi) is 19.4. The van der Waals surface area contributed by atoms with E-state index >= 15 is 0 Å². The Morgan fingerprint density at radius 3 is 1.89 bits per heavy atom. The summed E-state index contributed by atoms with van der Waals surface area (Å²) in [6.45, 7) is 4.40. The maximum absolute atomic E-state index is 11.5. The van der Waals surface area contributed by atoms with Gasteiger partial charge >= 0.3 is 51.4 Å². The first-order valence-corrected chi connectivity index (χ1v) is 11.6. The zero-order valence-corrected chi connectivity index (χ0v) is 21.6. The van der Waals surface area contributed by atoms with E-state index < -0.39 is 5.97 Å². The summed E-state index contributed by atoms with van der Waals surface area (Å²) in [5.74, 6) is 0.0238. The van der Waals surface area contributed by atoms with Crippen molar-refractivity contribution in [1.82, 2.24) is 0 Å². The Morgan fingerprint density at radius 2 is 1.41 bits per heavy atom. The molecular weight excluding hydrogens is 359 g/mol. The molecule has 1 rings (SSSR count). The molecule has 2 nitrogen and oxygen atoms in total. The molecule has 0 saturated heterocycles. The summed E-state index contributed by atoms with van der Waals surface area (Å²) < 4.78 is 0. The van der Waals surface area contributed by atoms with Gasteiger partial charge in [0, 0.05) is 11.9 Å². The summed E-state index contributed by atoms with van der Waals surface area (Å²) in [6, 6.07) is 0. The molecule has 0 aromatic carbocycles. The first kappa shape index (κ1) is 27.8. The van der Waals surface area contributed by atoms with E-state index in [0.29, 0.717) is 11.8 Å². The summed E-state index contributed by atoms with van der Waals surface area (Å²) in [7, 11) is 0. The van der Waals surface area contributed by atoms with Gasteiger partial charge in [-0.2, -0.15) is 0 Å². The van der Waals surface area contributed by atoms with Crippen LogP contribution in [-0.2, 0) is 4.79 Å². The summed E-state index contributed by atoms with van der Waals surface area (Å²) in [4.78, 5) is 11.5. The second-order valence-electron chi connectivity index (χ2n) is 8.35. The van der Waals surface area contributed by atoms with Crippen molar-refractivity contribution in [3.63, 3.8) is 0 Å². The van der Waals surface area contributed by atoms with Crippen molar-refractivity contribution in [2.45, 2.75) is 117 Å². The molecule has 0 radical (unpaired) electrons. The predicted octanol–water partition coefficient (Wildman–Crippen LogP) is 3.44. The zero-order valence-electron chi connectivity index (χ0n) is 18.5. The molecule has 2 unspecified atom stereocenters. The smallest absolute Gasteiger partial charge is 0.550 e. The number of hydrogen-bond donors (Lipinski definition) is 0. The van der Waals surface area contributed by atoms with E-state index in [9.17, 15) is 9.90 Å². The summed E-state index contributed by atoms with van der Waals surface area (Å²) in [6.07, 6.45) is 24.3. The molecule has 27 heavy (non-hydrogen) atoms. The van der Waals surface area contributed by atoms with Crippen molar-refractivity contribution in [2.24, 2.45) is 17.8 Å². The number of hydrogen-bond acceptors (Lipinski definition) is 2. The van der Waals surface area contributed by atoms with E-state index in [-0.39, 0.29) is 57.3 Å². The van der Waals surface area contributed by atoms with E-state index in [2.05, 4.69) is 26.0 Å². The monoisotopic (exact) mass is 402 g/mol. The molecule has 0 bridgehead atoms. The van der Waals surface area contributed by atoms with E-state index in [1.165, 1.54) is 77.0 Å². The number of carbonyl (C=O) groups excluding carboxylic acids is 1. The normalized spacial score (nSPS) is 16.2. The molecule has 2 atom stereocenters. The van der Waals surface area contributed by atoms with Gasteiger partial charge in [0.2, 0.25) is 0 Å². The van der Waals surface area contributed by atoms with Crippen LogP contribution >= 0.6 is 0 Å². The van der Waals surface area contributed by atoms with Gasteiger partial charge in [-0.15, -0.1) is 0 Å². The van der Waals surface area contributed by atoms with Crippen molar-refractivity contribution in [3.8, 4) is 0 Å². The van der Waals surface area contributed by atoms with Gasteiger partial charge in [-0.05, 0) is 56.8 Å². The van der Waals surface area contributed by atoms with E-state index in [1.807, 2.05) is 0 Å². The van der Waals surface area contributed by atoms with Crippen molar-refractivity contribution in [2.75, 3.05) is 0 Å². The number of carbonyl (C=O) groups is 1. The van der Waals surface area contributed by atoms with Gasteiger partial charge in [-0.1, -0.05) is 83.8 Å². The van der Waals surface area contributed by atoms with Crippen LogP contribution in [0.15, 0.2) is 12.2 Å². The average Bonchev–Trinajstić information content (AvgIpc) is 3.45. The number of allylic oxidation sites excluding steroid dienone is 2. The molecule has 0 aromatic rings. The minimum absolute atomic E-state index is 0. The zero-order chi connectivity index (χ0) is 19.0. The number of carboxylic acid groups (broad SMARTS) is 1. The fraction of sp³-hybridized carbons (Fsp3) is 0.875. The van der Waals surface area contributed by atoms with Gasteiger partial charge in [-0.25, -0.2) is 0 Å². The quantitative estimate of drug-likeness (QED) is 0.200. The molecule has 0 heterocycles. The second kappa shape index (κ2) is 18.8. The van der Waals surface area contributed by atoms with Crippen LogP contribution in [-0.4, -0.2) is 5.97 Å². The van der Waals surface area contributed by atoms with Gasteiger partial charge in [0.25, 0.3) is 0 Å². The van der Waals surface area contributed by atoms with Crippen LogP contribution in [0.25, 0.3) is 0 Å². The average molecular weight is 403 g/mol. The Balaban J connectivity index is 0.00000676. The maximum atomic E-state index is 11.5. The minimum Gasteiger partial charge on any atom is -0.550 e. The van der Waals surface area contributed by atoms with E-state index in [1.54, 1.807) is 0 Å². The Labute approximate surface area is 211 Å². The Hall–Kier alpha value is 0.846. The van der Waals surface area contributed by atoms with Crippen molar-refractivity contribution < 1.29 is 61.3 Å². The van der Waals surface area contributed by atoms with Crippen LogP contribution in [0.2, 0.25) is 0 Å². The third kappa shape index (κ3) is 14.5. The van der Waals surface area contributed by atoms with Crippen LogP contribution in [0.3, 0.4) is 0 Å². The number of carboxylic acids is 1. The molecule has 152 valence electrons. The third-order valence-corrected chi connectivity index (χ3v) is 6.05. The maximum Gasteiger partial charge on any atom is 1.00 e. The molecule has 1 saturated carbocycles. The van der Waals surface area contributed by atoms with Crippen molar-refractivity contribution in [3.05, 3.63) is 12.2 Å². The molecule has 1 aliphatic carbocycles. The van der Waals surface area contributed by atoms with Gasteiger partial charge in [0.1, 0.15) is 0 Å². The summed E-state index contributed by atoms with van der Waals surface area (Å²) in [5, 5.41) is 11.5. The Bertz CT molecular complexity index is 377. The second-order valence-corrected chi connectivity index (χ2v) is 8.35. The van der Waals surface area contributed by atoms with Crippen molar-refractivity contribution >= 4 is 5.97 Å². The van der Waals surface area contributed by atoms with Crippen LogP contribution in [0.4, 0.5) is 0 Å². The third-order valence-electron chi connectivity index (χ3n) is 6.05. The van der Waals surface area contributed by atoms with Gasteiger partial charge in [0.05, 0.1) is 0 Å². The van der Waals surface area contributed by atoms with Gasteiger partial charge in [0.15, 0.2) is 0 Å². The fourth-order valence-corrected chi connectivity index (χ4v) is 4.24. The molecule has 1 aliphatic rings. The summed E-state index contributed by atoms with van der Waals surface area (Å²) in [5.41, 5.74) is 0. The molecule has 0 N–H and O–H groups in total. The van der Waals surface area contributed by atoms with Crippen LogP contribution in [0.1, 0.15) is 117 Å². The summed E-state index contributed by atoms with van der Waals surface area (Å²) >= 11 is 0. The first-order valence-electron chi connectivity index (χ1n) is 11.6. The van der Waals surface area contributed by atoms with Crippen LogP contribution in [0.5, 0.6) is 0 Å².